The van der Waals surface area contributed by atoms with Crippen LogP contribution in [0.2, 0.25) is 0 Å². The average Bonchev–Trinajstić information content (AvgIpc) is 3.03. The van der Waals surface area contributed by atoms with Crippen LogP contribution < -0.4 is 10.1 Å². The summed E-state index contributed by atoms with van der Waals surface area (Å²) in [5, 5.41) is 7.43. The third kappa shape index (κ3) is 5.23. The monoisotopic (exact) mass is 413 g/mol. The molecule has 1 aromatic heterocycles. The maximum atomic E-state index is 14.2. The third-order valence-corrected chi connectivity index (χ3v) is 4.55. The topological polar surface area (TPSA) is 56.2 Å². The molecule has 0 aliphatic rings. The van der Waals surface area contributed by atoms with Crippen molar-refractivity contribution in [1.82, 2.24) is 15.1 Å². The van der Waals surface area contributed by atoms with Gasteiger partial charge in [-0.25, -0.2) is 13.5 Å². The summed E-state index contributed by atoms with van der Waals surface area (Å²) in [7, 11) is 1.69. The van der Waals surface area contributed by atoms with E-state index in [9.17, 15) is 13.6 Å². The van der Waals surface area contributed by atoms with E-state index < -0.39 is 11.6 Å². The van der Waals surface area contributed by atoms with Crippen molar-refractivity contribution < 1.29 is 18.3 Å². The molecular weight excluding hydrogens is 388 g/mol. The van der Waals surface area contributed by atoms with Crippen molar-refractivity contribution in [3.05, 3.63) is 65.7 Å². The lowest BCUT2D eigenvalue weighted by atomic mass is 10.0. The van der Waals surface area contributed by atoms with E-state index in [1.165, 1.54) is 10.7 Å². The molecule has 1 N–H and O–H groups in total. The molecule has 0 fully saturated rings. The van der Waals surface area contributed by atoms with Crippen LogP contribution in [0.15, 0.2) is 48.5 Å². The van der Waals surface area contributed by atoms with Crippen LogP contribution >= 0.6 is 0 Å². The van der Waals surface area contributed by atoms with Gasteiger partial charge in [0.25, 0.3) is 0 Å². The Labute approximate surface area is 174 Å². The number of amides is 1. The van der Waals surface area contributed by atoms with Gasteiger partial charge in [0.2, 0.25) is 11.8 Å². The normalized spacial score (nSPS) is 11.0. The molecule has 1 amide bonds. The lowest BCUT2D eigenvalue weighted by molar-refractivity contribution is -0.121. The highest BCUT2D eigenvalue weighted by Crippen LogP contribution is 2.34. The van der Waals surface area contributed by atoms with Gasteiger partial charge >= 0.3 is 0 Å². The van der Waals surface area contributed by atoms with Crippen LogP contribution in [-0.2, 0) is 18.3 Å². The fourth-order valence-corrected chi connectivity index (χ4v) is 3.04. The molecule has 158 valence electrons. The number of hydrogen-bond donors (Lipinski definition) is 1. The first-order valence-electron chi connectivity index (χ1n) is 9.86. The van der Waals surface area contributed by atoms with Crippen molar-refractivity contribution in [3.8, 4) is 22.9 Å². The van der Waals surface area contributed by atoms with Gasteiger partial charge in [0, 0.05) is 37.2 Å². The number of carbonyl (C=O) groups is 1. The largest absolute Gasteiger partial charge is 0.436 e. The first-order valence-corrected chi connectivity index (χ1v) is 9.86. The lowest BCUT2D eigenvalue weighted by Gasteiger charge is -2.11. The number of rotatable bonds is 8. The number of aromatic nitrogens is 2. The Balaban J connectivity index is 1.93. The molecule has 0 saturated heterocycles. The second-order valence-electron chi connectivity index (χ2n) is 7.50. The summed E-state index contributed by atoms with van der Waals surface area (Å²) in [6.45, 7) is 4.65. The second-order valence-corrected chi connectivity index (χ2v) is 7.50. The van der Waals surface area contributed by atoms with Gasteiger partial charge in [-0.05, 0) is 24.5 Å². The number of halogens is 2. The minimum absolute atomic E-state index is 0.0783. The van der Waals surface area contributed by atoms with Gasteiger partial charge < -0.3 is 10.1 Å². The summed E-state index contributed by atoms with van der Waals surface area (Å²) in [4.78, 5) is 12.3. The molecule has 0 aliphatic heterocycles. The standard InChI is InChI=1S/C23H25F2N3O2/c1-15(2)14-26-21(29)12-10-18-22(16-7-5-4-6-8-16)27-28(3)23(18)30-20-11-9-17(24)13-19(20)25/h4-9,11,13,15H,10,12,14H2,1-3H3,(H,26,29). The van der Waals surface area contributed by atoms with E-state index in [4.69, 9.17) is 4.74 Å². The van der Waals surface area contributed by atoms with Crippen molar-refractivity contribution in [2.75, 3.05) is 6.54 Å². The average molecular weight is 413 g/mol. The minimum atomic E-state index is -0.807. The molecule has 0 radical (unpaired) electrons. The maximum Gasteiger partial charge on any atom is 0.221 e. The predicted octanol–water partition coefficient (Wildman–Crippen LogP) is 4.86. The van der Waals surface area contributed by atoms with E-state index in [-0.39, 0.29) is 18.1 Å². The Morgan fingerprint density at radius 3 is 2.57 bits per heavy atom. The summed E-state index contributed by atoms with van der Waals surface area (Å²) < 4.78 is 34.7. The van der Waals surface area contributed by atoms with E-state index >= 15 is 0 Å². The molecule has 3 rings (SSSR count). The van der Waals surface area contributed by atoms with Crippen molar-refractivity contribution in [3.63, 3.8) is 0 Å². The van der Waals surface area contributed by atoms with Crippen molar-refractivity contribution in [1.29, 1.82) is 0 Å². The number of nitrogens with zero attached hydrogens (tertiary/aromatic N) is 2. The van der Waals surface area contributed by atoms with Gasteiger partial charge in [-0.3, -0.25) is 4.79 Å². The molecule has 1 heterocycles. The molecular formula is C23H25F2N3O2. The van der Waals surface area contributed by atoms with Crippen LogP contribution in [0.4, 0.5) is 8.78 Å². The molecule has 0 atom stereocenters. The number of ether oxygens (including phenoxy) is 1. The lowest BCUT2D eigenvalue weighted by Crippen LogP contribution is -2.27. The van der Waals surface area contributed by atoms with E-state index in [0.29, 0.717) is 36.0 Å². The van der Waals surface area contributed by atoms with Crippen LogP contribution in [0.5, 0.6) is 11.6 Å². The molecule has 0 saturated carbocycles. The molecule has 0 bridgehead atoms. The Morgan fingerprint density at radius 1 is 1.17 bits per heavy atom. The van der Waals surface area contributed by atoms with Gasteiger partial charge in [0.1, 0.15) is 5.82 Å². The Bertz CT molecular complexity index is 1020. The van der Waals surface area contributed by atoms with Gasteiger partial charge in [-0.2, -0.15) is 5.10 Å². The van der Waals surface area contributed by atoms with Crippen LogP contribution in [0.25, 0.3) is 11.3 Å². The van der Waals surface area contributed by atoms with E-state index in [0.717, 1.165) is 17.7 Å². The maximum absolute atomic E-state index is 14.2. The molecule has 0 unspecified atom stereocenters. The summed E-state index contributed by atoms with van der Waals surface area (Å²) in [5.41, 5.74) is 2.21. The van der Waals surface area contributed by atoms with Gasteiger partial charge in [-0.15, -0.1) is 0 Å². The Hall–Kier alpha value is -3.22. The first kappa shape index (κ1) is 21.5. The highest BCUT2D eigenvalue weighted by Gasteiger charge is 2.21. The number of hydrogen-bond acceptors (Lipinski definition) is 3. The Morgan fingerprint density at radius 2 is 1.90 bits per heavy atom. The summed E-state index contributed by atoms with van der Waals surface area (Å²) >= 11 is 0. The van der Waals surface area contributed by atoms with Gasteiger partial charge in [0.15, 0.2) is 11.6 Å². The molecule has 5 nitrogen and oxygen atoms in total. The smallest absolute Gasteiger partial charge is 0.221 e. The van der Waals surface area contributed by atoms with Crippen LogP contribution in [-0.4, -0.2) is 22.2 Å². The van der Waals surface area contributed by atoms with E-state index in [1.807, 2.05) is 44.2 Å². The molecule has 2 aromatic carbocycles. The second kappa shape index (κ2) is 9.52. The number of benzene rings is 2. The molecule has 0 spiro atoms. The SMILES string of the molecule is CC(C)CNC(=O)CCc1c(-c2ccccc2)nn(C)c1Oc1ccc(F)cc1F. The summed E-state index contributed by atoms with van der Waals surface area (Å²) in [5.74, 6) is -1.01. The molecule has 0 aliphatic carbocycles. The minimum Gasteiger partial charge on any atom is -0.436 e. The zero-order valence-electron chi connectivity index (χ0n) is 17.3. The Kier molecular flexibility index (Phi) is 6.82. The predicted molar refractivity (Wildman–Crippen MR) is 111 cm³/mol. The van der Waals surface area contributed by atoms with Crippen LogP contribution in [0.1, 0.15) is 25.8 Å². The number of nitrogens with one attached hydrogen (secondary N) is 1. The number of carbonyl (C=O) groups excluding carboxylic acids is 1. The fourth-order valence-electron chi connectivity index (χ4n) is 3.04. The molecule has 7 heteroatoms. The van der Waals surface area contributed by atoms with Crippen molar-refractivity contribution in [2.24, 2.45) is 13.0 Å². The van der Waals surface area contributed by atoms with E-state index in [2.05, 4.69) is 10.4 Å². The quantitative estimate of drug-likeness (QED) is 0.574. The molecule has 30 heavy (non-hydrogen) atoms. The van der Waals surface area contributed by atoms with Gasteiger partial charge in [-0.1, -0.05) is 44.2 Å². The summed E-state index contributed by atoms with van der Waals surface area (Å²) in [6, 6.07) is 12.6. The number of aryl methyl sites for hydroxylation is 1. The van der Waals surface area contributed by atoms with Crippen molar-refractivity contribution in [2.45, 2.75) is 26.7 Å². The molecule has 3 aromatic rings. The third-order valence-electron chi connectivity index (χ3n) is 4.55. The van der Waals surface area contributed by atoms with Crippen LogP contribution in [0.3, 0.4) is 0 Å². The zero-order valence-corrected chi connectivity index (χ0v) is 17.3. The fraction of sp³-hybridized carbons (Fsp3) is 0.304. The highest BCUT2D eigenvalue weighted by atomic mass is 19.1. The first-order chi connectivity index (χ1) is 14.3. The van der Waals surface area contributed by atoms with Gasteiger partial charge in [0.05, 0.1) is 5.69 Å². The van der Waals surface area contributed by atoms with Crippen LogP contribution in [0, 0.1) is 17.6 Å². The van der Waals surface area contributed by atoms with Crippen molar-refractivity contribution >= 4 is 5.91 Å². The van der Waals surface area contributed by atoms with E-state index in [1.54, 1.807) is 7.05 Å². The zero-order chi connectivity index (χ0) is 21.7. The summed E-state index contributed by atoms with van der Waals surface area (Å²) in [6.07, 6.45) is 0.598. The highest BCUT2D eigenvalue weighted by molar-refractivity contribution is 5.77.